The predicted molar refractivity (Wildman–Crippen MR) is 121 cm³/mol. The van der Waals surface area contributed by atoms with E-state index in [1.165, 1.54) is 6.92 Å². The van der Waals surface area contributed by atoms with Gasteiger partial charge in [-0.1, -0.05) is 61.1 Å². The van der Waals surface area contributed by atoms with Gasteiger partial charge in [0.05, 0.1) is 27.6 Å². The highest BCUT2D eigenvalue weighted by Crippen LogP contribution is 2.60. The Labute approximate surface area is 205 Å². The minimum Gasteiger partial charge on any atom is -0.454 e. The summed E-state index contributed by atoms with van der Waals surface area (Å²) in [7, 11) is 0. The quantitative estimate of drug-likeness (QED) is 0.318. The minimum absolute atomic E-state index is 0.0530. The highest BCUT2D eigenvalue weighted by molar-refractivity contribution is 9.12. The van der Waals surface area contributed by atoms with Gasteiger partial charge >= 0.3 is 5.97 Å². The molecule has 1 N–H and O–H groups in total. The predicted octanol–water partition coefficient (Wildman–Crippen LogP) is 3.64. The van der Waals surface area contributed by atoms with Gasteiger partial charge < -0.3 is 10.1 Å². The van der Waals surface area contributed by atoms with Gasteiger partial charge in [-0.15, -0.1) is 0 Å². The van der Waals surface area contributed by atoms with E-state index >= 15 is 0 Å². The number of alkyl halides is 2. The van der Waals surface area contributed by atoms with Crippen LogP contribution in [0.4, 0.5) is 5.69 Å². The molecule has 1 saturated heterocycles. The topological polar surface area (TPSA) is 92.8 Å². The lowest BCUT2D eigenvalue weighted by molar-refractivity contribution is -0.159. The number of hydrogen-bond donors (Lipinski definition) is 1. The van der Waals surface area contributed by atoms with E-state index in [2.05, 4.69) is 37.2 Å². The van der Waals surface area contributed by atoms with Crippen molar-refractivity contribution < 1.29 is 23.9 Å². The van der Waals surface area contributed by atoms with Crippen LogP contribution in [0.15, 0.2) is 18.2 Å². The number of carbonyl (C=O) groups excluding carboxylic acids is 4. The second-order valence-electron chi connectivity index (χ2n) is 7.98. The number of benzene rings is 1. The number of esters is 1. The summed E-state index contributed by atoms with van der Waals surface area (Å²) in [5, 5.41) is 2.94. The van der Waals surface area contributed by atoms with Gasteiger partial charge in [-0.3, -0.25) is 19.3 Å². The number of imide groups is 1. The molecule has 0 aromatic heterocycles. The molecule has 3 amide bonds. The van der Waals surface area contributed by atoms with Crippen LogP contribution in [0.5, 0.6) is 0 Å². The molecule has 1 heterocycles. The van der Waals surface area contributed by atoms with Crippen molar-refractivity contribution in [3.05, 3.63) is 28.2 Å². The van der Waals surface area contributed by atoms with E-state index in [9.17, 15) is 19.2 Å². The molecule has 7 atom stereocenters. The molecule has 11 heteroatoms. The third-order valence-corrected chi connectivity index (χ3v) is 10.3. The molecule has 2 aliphatic carbocycles. The van der Waals surface area contributed by atoms with Gasteiger partial charge in [-0.2, -0.15) is 0 Å². The van der Waals surface area contributed by atoms with Gasteiger partial charge in [-0.05, 0) is 37.3 Å². The van der Waals surface area contributed by atoms with Crippen LogP contribution in [-0.2, 0) is 23.9 Å². The Balaban J connectivity index is 1.38. The fraction of sp³-hybridized carbons (Fsp3) is 0.500. The molecular weight excluding hydrogens is 579 g/mol. The summed E-state index contributed by atoms with van der Waals surface area (Å²) >= 11 is 19.2. The zero-order valence-electron chi connectivity index (χ0n) is 16.2. The summed E-state index contributed by atoms with van der Waals surface area (Å²) in [5.74, 6) is -2.86. The number of amides is 3. The van der Waals surface area contributed by atoms with Crippen molar-refractivity contribution in [1.82, 2.24) is 4.90 Å². The third-order valence-electron chi connectivity index (χ3n) is 6.32. The summed E-state index contributed by atoms with van der Waals surface area (Å²) in [6.07, 6.45) is 0.803. The van der Waals surface area contributed by atoms with E-state index in [0.29, 0.717) is 0 Å². The van der Waals surface area contributed by atoms with Crippen molar-refractivity contribution in [3.8, 4) is 0 Å². The number of anilines is 1. The van der Waals surface area contributed by atoms with Crippen molar-refractivity contribution in [2.75, 3.05) is 11.9 Å². The zero-order chi connectivity index (χ0) is 22.6. The molecule has 0 radical (unpaired) electrons. The summed E-state index contributed by atoms with van der Waals surface area (Å²) in [5.41, 5.74) is 0.283. The fourth-order valence-electron chi connectivity index (χ4n) is 4.90. The standard InChI is InChI=1S/C20H18Br2Cl2N2O5/c1-7(20(30)31-6-12(27)25-11-4-2-3-10(23)17(11)24)26-18(28)13-8-5-9(14(13)19(26)29)16(22)15(8)21/h2-4,7-9,13-16H,5-6H2,1H3,(H,25,27)/t7-,8-,9-,13-,14+,15-,16+/m1/s1. The number of carbonyl (C=O) groups is 4. The number of fused-ring (bicyclic) bond motifs is 5. The Bertz CT molecular complexity index is 945. The van der Waals surface area contributed by atoms with Crippen LogP contribution in [-0.4, -0.2) is 50.9 Å². The maximum absolute atomic E-state index is 13.0. The average molecular weight is 597 g/mol. The van der Waals surface area contributed by atoms with Gasteiger partial charge in [0.1, 0.15) is 6.04 Å². The second-order valence-corrected chi connectivity index (χ2v) is 10.9. The van der Waals surface area contributed by atoms with Crippen LogP contribution >= 0.6 is 55.1 Å². The van der Waals surface area contributed by atoms with Crippen LogP contribution in [0.3, 0.4) is 0 Å². The SMILES string of the molecule is C[C@H](C(=O)OCC(=O)Nc1cccc(Cl)c1Cl)N1C(=O)[C@@H]2[C@H]3C[C@@H]([C@H](Br)[C@@H]3Br)[C@@H]2C1=O. The Hall–Kier alpha value is -1.16. The summed E-state index contributed by atoms with van der Waals surface area (Å²) in [6.45, 7) is 0.845. The van der Waals surface area contributed by atoms with Crippen molar-refractivity contribution in [3.63, 3.8) is 0 Å². The molecule has 166 valence electrons. The third kappa shape index (κ3) is 3.81. The number of ether oxygens (including phenoxy) is 1. The number of rotatable bonds is 5. The summed E-state index contributed by atoms with van der Waals surface area (Å²) in [6, 6.07) is 3.62. The lowest BCUT2D eigenvalue weighted by Gasteiger charge is -2.28. The van der Waals surface area contributed by atoms with Crippen LogP contribution in [0.25, 0.3) is 0 Å². The summed E-state index contributed by atoms with van der Waals surface area (Å²) < 4.78 is 5.06. The highest BCUT2D eigenvalue weighted by Gasteiger charge is 2.67. The van der Waals surface area contributed by atoms with E-state index in [-0.39, 0.29) is 49.0 Å². The first-order valence-electron chi connectivity index (χ1n) is 9.69. The zero-order valence-corrected chi connectivity index (χ0v) is 20.9. The van der Waals surface area contributed by atoms with Gasteiger partial charge in [0.15, 0.2) is 6.61 Å². The molecule has 1 aromatic rings. The molecule has 0 unspecified atom stereocenters. The highest BCUT2D eigenvalue weighted by atomic mass is 79.9. The second kappa shape index (κ2) is 8.65. The maximum atomic E-state index is 13.0. The molecule has 0 spiro atoms. The Kier molecular flexibility index (Phi) is 6.42. The molecule has 1 aromatic carbocycles. The molecule has 7 nitrogen and oxygen atoms in total. The van der Waals surface area contributed by atoms with E-state index in [4.69, 9.17) is 27.9 Å². The van der Waals surface area contributed by atoms with Crippen molar-refractivity contribution >= 4 is 84.4 Å². The molecule has 31 heavy (non-hydrogen) atoms. The Morgan fingerprint density at radius 1 is 1.16 bits per heavy atom. The van der Waals surface area contributed by atoms with Crippen LogP contribution in [0, 0.1) is 23.7 Å². The number of halogens is 4. The first-order chi connectivity index (χ1) is 14.6. The average Bonchev–Trinajstić information content (AvgIpc) is 3.34. The molecule has 3 aliphatic rings. The van der Waals surface area contributed by atoms with E-state index in [0.717, 1.165) is 11.3 Å². The van der Waals surface area contributed by atoms with E-state index < -0.39 is 36.4 Å². The smallest absolute Gasteiger partial charge is 0.329 e. The number of hydrogen-bond acceptors (Lipinski definition) is 5. The minimum atomic E-state index is -1.12. The van der Waals surface area contributed by atoms with Gasteiger partial charge in [-0.25, -0.2) is 4.79 Å². The normalized spacial score (nSPS) is 32.2. The first-order valence-corrected chi connectivity index (χ1v) is 12.3. The fourth-order valence-corrected chi connectivity index (χ4v) is 7.12. The molecule has 1 aliphatic heterocycles. The van der Waals surface area contributed by atoms with E-state index in [1.807, 2.05) is 0 Å². The van der Waals surface area contributed by atoms with Crippen molar-refractivity contribution in [2.45, 2.75) is 29.0 Å². The van der Waals surface area contributed by atoms with Crippen LogP contribution < -0.4 is 5.32 Å². The van der Waals surface area contributed by atoms with Gasteiger partial charge in [0.25, 0.3) is 5.91 Å². The first kappa shape index (κ1) is 23.0. The summed E-state index contributed by atoms with van der Waals surface area (Å²) in [4.78, 5) is 51.8. The number of nitrogens with zero attached hydrogens (tertiary/aromatic N) is 1. The van der Waals surface area contributed by atoms with E-state index in [1.54, 1.807) is 18.2 Å². The van der Waals surface area contributed by atoms with Gasteiger partial charge in [0, 0.05) is 9.65 Å². The largest absolute Gasteiger partial charge is 0.454 e. The van der Waals surface area contributed by atoms with Crippen molar-refractivity contribution in [2.24, 2.45) is 23.7 Å². The molecular formula is C20H18Br2Cl2N2O5. The Morgan fingerprint density at radius 2 is 1.74 bits per heavy atom. The van der Waals surface area contributed by atoms with Crippen molar-refractivity contribution in [1.29, 1.82) is 0 Å². The monoisotopic (exact) mass is 594 g/mol. The lowest BCUT2D eigenvalue weighted by atomic mass is 9.81. The van der Waals surface area contributed by atoms with Crippen LogP contribution in [0.1, 0.15) is 13.3 Å². The lowest BCUT2D eigenvalue weighted by Crippen LogP contribution is -2.45. The maximum Gasteiger partial charge on any atom is 0.329 e. The molecule has 2 bridgehead atoms. The Morgan fingerprint density at radius 3 is 2.32 bits per heavy atom. The molecule has 3 fully saturated rings. The number of nitrogens with one attached hydrogen (secondary N) is 1. The molecule has 4 rings (SSSR count). The molecule has 2 saturated carbocycles. The van der Waals surface area contributed by atoms with Gasteiger partial charge in [0.2, 0.25) is 11.8 Å². The number of likely N-dealkylation sites (tertiary alicyclic amines) is 1. The van der Waals surface area contributed by atoms with Crippen LogP contribution in [0.2, 0.25) is 10.0 Å².